The molecule has 36 heavy (non-hydrogen) atoms. The Hall–Kier alpha value is -2.14. The Bertz CT molecular complexity index is 1170. The second kappa shape index (κ2) is 11.5. The van der Waals surface area contributed by atoms with Crippen molar-refractivity contribution in [2.45, 2.75) is 54.9 Å². The van der Waals surface area contributed by atoms with Gasteiger partial charge in [-0.25, -0.2) is 12.8 Å². The number of sulfone groups is 1. The van der Waals surface area contributed by atoms with E-state index in [9.17, 15) is 27.8 Å². The molecule has 0 amide bonds. The quantitative estimate of drug-likeness (QED) is 0.321. The van der Waals surface area contributed by atoms with Crippen molar-refractivity contribution in [3.8, 4) is 5.75 Å². The molecule has 2 N–H and O–H groups in total. The van der Waals surface area contributed by atoms with E-state index in [2.05, 4.69) is 6.92 Å². The molecule has 0 saturated heterocycles. The normalized spacial score (nSPS) is 20.8. The molecule has 0 fully saturated rings. The van der Waals surface area contributed by atoms with E-state index in [0.717, 1.165) is 19.3 Å². The van der Waals surface area contributed by atoms with Gasteiger partial charge in [-0.05, 0) is 49.4 Å². The summed E-state index contributed by atoms with van der Waals surface area (Å²) >= 11 is 1.32. The fourth-order valence-corrected chi connectivity index (χ4v) is 7.20. The highest BCUT2D eigenvalue weighted by atomic mass is 32.2. The van der Waals surface area contributed by atoms with Crippen LogP contribution in [0.2, 0.25) is 0 Å². The Balaban J connectivity index is 2.21. The Morgan fingerprint density at radius 3 is 2.50 bits per heavy atom. The Kier molecular flexibility index (Phi) is 9.08. The van der Waals surface area contributed by atoms with Gasteiger partial charge in [-0.1, -0.05) is 26.7 Å². The van der Waals surface area contributed by atoms with Crippen molar-refractivity contribution in [3.63, 3.8) is 0 Å². The Morgan fingerprint density at radius 2 is 1.94 bits per heavy atom. The standard InChI is InChI=1S/C26H34FNO6S2/c1-4-6-11-25(5-2)14-28(20-9-7-19(27)8-10-20)21-12-23(35-3)22(13-24(21)36(32,33)18-25)34-17-26(31,15-29)16-30/h7-10,12-13,15,30-31H,4-6,11,14,16-18H2,1-3H3/t25-,26+/m0/s1. The number of hydrogen-bond acceptors (Lipinski definition) is 8. The number of ether oxygens (including phenoxy) is 1. The fraction of sp³-hybridized carbons (Fsp3) is 0.500. The van der Waals surface area contributed by atoms with Crippen molar-refractivity contribution in [3.05, 3.63) is 42.2 Å². The zero-order valence-electron chi connectivity index (χ0n) is 20.9. The summed E-state index contributed by atoms with van der Waals surface area (Å²) in [6.07, 6.45) is 5.20. The van der Waals surface area contributed by atoms with Gasteiger partial charge >= 0.3 is 0 Å². The van der Waals surface area contributed by atoms with Gasteiger partial charge in [0.25, 0.3) is 0 Å². The lowest BCUT2D eigenvalue weighted by Gasteiger charge is -2.36. The zero-order chi connectivity index (χ0) is 26.6. The number of fused-ring (bicyclic) bond motifs is 1. The lowest BCUT2D eigenvalue weighted by atomic mass is 9.81. The molecule has 1 aliphatic heterocycles. The SMILES string of the molecule is CCCC[C@@]1(CC)CN(c2ccc(F)cc2)c2cc(SC)c(OC[C@@](O)(C=O)CO)cc2S(=O)(=O)C1. The molecule has 2 aromatic rings. The summed E-state index contributed by atoms with van der Waals surface area (Å²) in [5, 5.41) is 19.5. The molecule has 0 aliphatic carbocycles. The summed E-state index contributed by atoms with van der Waals surface area (Å²) in [6.45, 7) is 3.16. The first kappa shape index (κ1) is 28.4. The molecular formula is C26H34FNO6S2. The van der Waals surface area contributed by atoms with Gasteiger partial charge in [-0.15, -0.1) is 11.8 Å². The van der Waals surface area contributed by atoms with Crippen molar-refractivity contribution in [2.75, 3.05) is 36.7 Å². The molecule has 0 aromatic heterocycles. The molecule has 1 heterocycles. The lowest BCUT2D eigenvalue weighted by molar-refractivity contribution is -0.131. The van der Waals surface area contributed by atoms with Crippen LogP contribution < -0.4 is 9.64 Å². The number of carbonyl (C=O) groups is 1. The number of unbranched alkanes of at least 4 members (excludes halogenated alkanes) is 1. The molecule has 0 saturated carbocycles. The van der Waals surface area contributed by atoms with Gasteiger partial charge in [0.15, 0.2) is 21.7 Å². The number of hydrogen-bond donors (Lipinski definition) is 2. The van der Waals surface area contributed by atoms with Crippen molar-refractivity contribution in [1.29, 1.82) is 0 Å². The Labute approximate surface area is 216 Å². The third-order valence-corrected chi connectivity index (χ3v) is 9.53. The first-order chi connectivity index (χ1) is 17.1. The van der Waals surface area contributed by atoms with Crippen LogP contribution in [0.5, 0.6) is 5.75 Å². The van der Waals surface area contributed by atoms with Crippen LogP contribution >= 0.6 is 11.8 Å². The number of halogens is 1. The lowest BCUT2D eigenvalue weighted by Crippen LogP contribution is -2.41. The summed E-state index contributed by atoms with van der Waals surface area (Å²) in [5.41, 5.74) is -1.46. The molecular weight excluding hydrogens is 505 g/mol. The first-order valence-corrected chi connectivity index (χ1v) is 14.8. The minimum atomic E-state index is -3.78. The summed E-state index contributed by atoms with van der Waals surface area (Å²) in [5.74, 6) is -0.238. The largest absolute Gasteiger partial charge is 0.489 e. The average molecular weight is 540 g/mol. The van der Waals surface area contributed by atoms with Crippen LogP contribution in [0.15, 0.2) is 46.2 Å². The predicted molar refractivity (Wildman–Crippen MR) is 140 cm³/mol. The van der Waals surface area contributed by atoms with E-state index in [0.29, 0.717) is 29.2 Å². The highest BCUT2D eigenvalue weighted by Crippen LogP contribution is 2.47. The van der Waals surface area contributed by atoms with Gasteiger partial charge in [0.1, 0.15) is 18.2 Å². The first-order valence-electron chi connectivity index (χ1n) is 12.0. The van der Waals surface area contributed by atoms with E-state index in [4.69, 9.17) is 4.74 Å². The zero-order valence-corrected chi connectivity index (χ0v) is 22.5. The summed E-state index contributed by atoms with van der Waals surface area (Å²) in [7, 11) is -3.78. The van der Waals surface area contributed by atoms with Gasteiger partial charge in [-0.3, -0.25) is 4.79 Å². The molecule has 3 rings (SSSR count). The van der Waals surface area contributed by atoms with Gasteiger partial charge in [-0.2, -0.15) is 0 Å². The van der Waals surface area contributed by atoms with Crippen LogP contribution in [0.3, 0.4) is 0 Å². The van der Waals surface area contributed by atoms with E-state index in [-0.39, 0.29) is 28.5 Å². The molecule has 0 radical (unpaired) electrons. The molecule has 0 bridgehead atoms. The number of anilines is 2. The number of benzene rings is 2. The maximum Gasteiger partial charge on any atom is 0.181 e. The van der Waals surface area contributed by atoms with Crippen molar-refractivity contribution < 1.29 is 32.6 Å². The van der Waals surface area contributed by atoms with E-state index in [1.807, 2.05) is 11.8 Å². The third kappa shape index (κ3) is 6.04. The van der Waals surface area contributed by atoms with E-state index in [1.165, 1.54) is 30.0 Å². The van der Waals surface area contributed by atoms with Crippen LogP contribution in [0.25, 0.3) is 0 Å². The smallest absolute Gasteiger partial charge is 0.181 e. The average Bonchev–Trinajstić information content (AvgIpc) is 2.98. The molecule has 2 aromatic carbocycles. The minimum absolute atomic E-state index is 0.0475. The molecule has 0 spiro atoms. The number of aldehydes is 1. The highest BCUT2D eigenvalue weighted by molar-refractivity contribution is 7.98. The van der Waals surface area contributed by atoms with Crippen molar-refractivity contribution in [2.24, 2.45) is 5.41 Å². The van der Waals surface area contributed by atoms with E-state index >= 15 is 0 Å². The maximum absolute atomic E-state index is 13.8. The molecule has 7 nitrogen and oxygen atoms in total. The van der Waals surface area contributed by atoms with Crippen molar-refractivity contribution >= 4 is 39.3 Å². The summed E-state index contributed by atoms with van der Waals surface area (Å²) < 4.78 is 47.1. The second-order valence-electron chi connectivity index (χ2n) is 9.42. The van der Waals surface area contributed by atoms with Gasteiger partial charge < -0.3 is 19.8 Å². The highest BCUT2D eigenvalue weighted by Gasteiger charge is 2.42. The summed E-state index contributed by atoms with van der Waals surface area (Å²) in [6, 6.07) is 9.16. The minimum Gasteiger partial charge on any atom is -0.489 e. The topological polar surface area (TPSA) is 104 Å². The molecule has 198 valence electrons. The molecule has 10 heteroatoms. The van der Waals surface area contributed by atoms with Crippen LogP contribution in [0, 0.1) is 11.2 Å². The maximum atomic E-state index is 13.8. The van der Waals surface area contributed by atoms with Gasteiger partial charge in [0.2, 0.25) is 0 Å². The van der Waals surface area contributed by atoms with Gasteiger partial charge in [0.05, 0.1) is 27.8 Å². The predicted octanol–water partition coefficient (Wildman–Crippen LogP) is 4.36. The number of nitrogens with zero attached hydrogens (tertiary/aromatic N) is 1. The molecule has 0 unspecified atom stereocenters. The number of thioether (sulfide) groups is 1. The fourth-order valence-electron chi connectivity index (χ4n) is 4.47. The number of aliphatic hydroxyl groups is 2. The second-order valence-corrected chi connectivity index (χ2v) is 12.2. The van der Waals surface area contributed by atoms with E-state index in [1.54, 1.807) is 24.5 Å². The summed E-state index contributed by atoms with van der Waals surface area (Å²) in [4.78, 5) is 13.8. The third-order valence-electron chi connectivity index (χ3n) is 6.78. The van der Waals surface area contributed by atoms with Crippen molar-refractivity contribution in [1.82, 2.24) is 0 Å². The van der Waals surface area contributed by atoms with Crippen LogP contribution in [0.4, 0.5) is 15.8 Å². The molecule has 1 aliphatic rings. The van der Waals surface area contributed by atoms with Crippen LogP contribution in [0.1, 0.15) is 39.5 Å². The van der Waals surface area contributed by atoms with Crippen LogP contribution in [-0.2, 0) is 14.6 Å². The van der Waals surface area contributed by atoms with Crippen LogP contribution in [-0.4, -0.2) is 62.3 Å². The number of carbonyl (C=O) groups excluding carboxylic acids is 1. The molecule has 2 atom stereocenters. The van der Waals surface area contributed by atoms with E-state index < -0.39 is 34.1 Å². The monoisotopic (exact) mass is 539 g/mol. The number of rotatable bonds is 11. The Morgan fingerprint density at radius 1 is 1.25 bits per heavy atom. The van der Waals surface area contributed by atoms with Gasteiger partial charge in [0, 0.05) is 23.7 Å². The number of aliphatic hydroxyl groups excluding tert-OH is 1.